The minimum Gasteiger partial charge on any atom is -0.361 e. The van der Waals surface area contributed by atoms with Crippen LogP contribution in [0.15, 0.2) is 53.6 Å². The number of piperidine rings is 2. The third-order valence-corrected chi connectivity index (χ3v) is 9.38. The zero-order valence-corrected chi connectivity index (χ0v) is 20.8. The van der Waals surface area contributed by atoms with Crippen LogP contribution in [0.25, 0.3) is 10.9 Å². The van der Waals surface area contributed by atoms with E-state index in [1.54, 1.807) is 6.08 Å². The number of allylic oxidation sites excluding steroid dienone is 2. The van der Waals surface area contributed by atoms with Crippen LogP contribution in [0.4, 0.5) is 0 Å². The summed E-state index contributed by atoms with van der Waals surface area (Å²) >= 11 is 1.85. The van der Waals surface area contributed by atoms with E-state index in [1.807, 2.05) is 17.8 Å². The largest absolute Gasteiger partial charge is 0.361 e. The Morgan fingerprint density at radius 2 is 1.88 bits per heavy atom. The predicted molar refractivity (Wildman–Crippen MR) is 139 cm³/mol. The number of nitrogens with one attached hydrogen (secondary N) is 1. The van der Waals surface area contributed by atoms with Crippen molar-refractivity contribution in [3.63, 3.8) is 0 Å². The maximum Gasteiger partial charge on any atom is 0.246 e. The van der Waals surface area contributed by atoms with Crippen molar-refractivity contribution in [2.75, 3.05) is 31.9 Å². The topological polar surface area (TPSA) is 39.3 Å². The lowest BCUT2D eigenvalue weighted by molar-refractivity contribution is -0.127. The van der Waals surface area contributed by atoms with Gasteiger partial charge in [0, 0.05) is 48.1 Å². The quantitative estimate of drug-likeness (QED) is 0.570. The minimum absolute atomic E-state index is 0.186. The Hall–Kier alpha value is -1.98. The molecule has 1 amide bonds. The van der Waals surface area contributed by atoms with Gasteiger partial charge in [0.15, 0.2) is 0 Å². The number of carbonyl (C=O) groups excluding carboxylic acids is 1. The average Bonchev–Trinajstić information content (AvgIpc) is 3.48. The minimum atomic E-state index is 0.186. The molecule has 1 aromatic heterocycles. The highest BCUT2D eigenvalue weighted by molar-refractivity contribution is 8.02. The van der Waals surface area contributed by atoms with Gasteiger partial charge in [-0.05, 0) is 86.1 Å². The summed E-state index contributed by atoms with van der Waals surface area (Å²) in [5.74, 6) is 3.23. The van der Waals surface area contributed by atoms with Crippen molar-refractivity contribution >= 4 is 28.6 Å². The first-order chi connectivity index (χ1) is 16.1. The van der Waals surface area contributed by atoms with E-state index in [0.717, 1.165) is 31.7 Å². The van der Waals surface area contributed by atoms with Gasteiger partial charge in [0.2, 0.25) is 5.91 Å². The maximum absolute atomic E-state index is 12.7. The number of amides is 1. The van der Waals surface area contributed by atoms with Crippen LogP contribution in [0.1, 0.15) is 51.0 Å². The number of para-hydroxylation sites is 1. The van der Waals surface area contributed by atoms with Gasteiger partial charge in [0.25, 0.3) is 0 Å². The van der Waals surface area contributed by atoms with E-state index >= 15 is 0 Å². The molecule has 0 saturated carbocycles. The van der Waals surface area contributed by atoms with Crippen LogP contribution in [-0.2, 0) is 4.79 Å². The van der Waals surface area contributed by atoms with E-state index in [2.05, 4.69) is 64.5 Å². The second-order valence-electron chi connectivity index (χ2n) is 10.2. The molecular weight excluding hydrogens is 426 g/mol. The van der Waals surface area contributed by atoms with Gasteiger partial charge in [-0.3, -0.25) is 4.79 Å². The van der Waals surface area contributed by atoms with Crippen molar-refractivity contribution in [3.05, 3.63) is 59.2 Å². The number of H-pyrrole nitrogens is 1. The van der Waals surface area contributed by atoms with Gasteiger partial charge in [-0.15, -0.1) is 11.8 Å². The Labute approximate surface area is 202 Å². The lowest BCUT2D eigenvalue weighted by atomic mass is 9.85. The second kappa shape index (κ2) is 10.1. The van der Waals surface area contributed by atoms with E-state index in [9.17, 15) is 4.79 Å². The van der Waals surface area contributed by atoms with Gasteiger partial charge in [0.05, 0.1) is 0 Å². The summed E-state index contributed by atoms with van der Waals surface area (Å²) < 4.78 is 0. The maximum atomic E-state index is 12.7. The van der Waals surface area contributed by atoms with Crippen molar-refractivity contribution < 1.29 is 4.79 Å². The predicted octanol–water partition coefficient (Wildman–Crippen LogP) is 5.80. The second-order valence-corrected chi connectivity index (χ2v) is 11.1. The van der Waals surface area contributed by atoms with Gasteiger partial charge in [-0.2, -0.15) is 0 Å². The lowest BCUT2D eigenvalue weighted by Gasteiger charge is -2.42. The van der Waals surface area contributed by atoms with Crippen LogP contribution in [0.3, 0.4) is 0 Å². The number of aromatic amines is 1. The number of thioether (sulfide) groups is 1. The monoisotopic (exact) mass is 463 g/mol. The number of aromatic nitrogens is 1. The third kappa shape index (κ3) is 4.95. The summed E-state index contributed by atoms with van der Waals surface area (Å²) in [5, 5.41) is 3.59. The average molecular weight is 464 g/mol. The van der Waals surface area contributed by atoms with E-state index in [1.165, 1.54) is 48.0 Å². The molecule has 4 nitrogen and oxygen atoms in total. The van der Waals surface area contributed by atoms with Crippen molar-refractivity contribution in [2.24, 2.45) is 11.8 Å². The fraction of sp³-hybridized carbons (Fsp3) is 0.536. The highest BCUT2D eigenvalue weighted by atomic mass is 32.2. The summed E-state index contributed by atoms with van der Waals surface area (Å²) in [6.07, 6.45) is 10.8. The van der Waals surface area contributed by atoms with E-state index in [4.69, 9.17) is 0 Å². The molecule has 5 rings (SSSR count). The van der Waals surface area contributed by atoms with Gasteiger partial charge >= 0.3 is 0 Å². The standard InChI is InChI=1S/C28H37N3OS/c1-20-18-33-19-24(20)7-8-28(32)31-15-9-22(10-16-31)21(2)30-13-11-23(12-14-30)26-17-29-27-6-4-3-5-25(26)27/h3-8,17,19-23,29H,9-16,18H2,1-2H3/b8-7+. The number of hydrogen-bond donors (Lipinski definition) is 1. The number of likely N-dealkylation sites (tertiary alicyclic amines) is 2. The number of nitrogens with zero attached hydrogens (tertiary/aromatic N) is 2. The zero-order chi connectivity index (χ0) is 22.8. The molecule has 0 aliphatic carbocycles. The van der Waals surface area contributed by atoms with Crippen LogP contribution in [0.2, 0.25) is 0 Å². The molecule has 2 fully saturated rings. The molecule has 0 bridgehead atoms. The van der Waals surface area contributed by atoms with E-state index in [-0.39, 0.29) is 5.91 Å². The van der Waals surface area contributed by atoms with E-state index < -0.39 is 0 Å². The van der Waals surface area contributed by atoms with Crippen molar-refractivity contribution in [1.29, 1.82) is 0 Å². The SMILES string of the molecule is CC1CSC=C1/C=C/C(=O)N1CCC(C(C)N2CCC(c3c[nH]c4ccccc34)CC2)CC1. The molecule has 0 radical (unpaired) electrons. The molecule has 2 unspecified atom stereocenters. The van der Waals surface area contributed by atoms with Crippen molar-refractivity contribution in [1.82, 2.24) is 14.8 Å². The zero-order valence-electron chi connectivity index (χ0n) is 20.0. The first-order valence-electron chi connectivity index (χ1n) is 12.7. The fourth-order valence-corrected chi connectivity index (χ4v) is 7.01. The van der Waals surface area contributed by atoms with Crippen LogP contribution in [0, 0.1) is 11.8 Å². The van der Waals surface area contributed by atoms with Crippen LogP contribution >= 0.6 is 11.8 Å². The van der Waals surface area contributed by atoms with Crippen LogP contribution in [-0.4, -0.2) is 58.7 Å². The molecule has 2 aromatic rings. The fourth-order valence-electron chi connectivity index (χ4n) is 5.93. The molecule has 2 atom stereocenters. The van der Waals surface area contributed by atoms with Crippen LogP contribution < -0.4 is 0 Å². The number of benzene rings is 1. The van der Waals surface area contributed by atoms with Gasteiger partial charge in [-0.25, -0.2) is 0 Å². The molecule has 0 spiro atoms. The number of hydrogen-bond acceptors (Lipinski definition) is 3. The number of rotatable bonds is 5. The Morgan fingerprint density at radius 1 is 1.12 bits per heavy atom. The molecule has 4 heterocycles. The summed E-state index contributed by atoms with van der Waals surface area (Å²) in [5.41, 5.74) is 4.06. The first kappa shape index (κ1) is 22.8. The molecule has 1 N–H and O–H groups in total. The van der Waals surface area contributed by atoms with E-state index in [0.29, 0.717) is 23.8 Å². The van der Waals surface area contributed by atoms with Crippen molar-refractivity contribution in [3.8, 4) is 0 Å². The van der Waals surface area contributed by atoms with Gasteiger partial charge < -0.3 is 14.8 Å². The molecule has 176 valence electrons. The molecule has 3 aliphatic heterocycles. The Bertz CT molecular complexity index is 1020. The summed E-state index contributed by atoms with van der Waals surface area (Å²) in [7, 11) is 0. The molecule has 33 heavy (non-hydrogen) atoms. The Morgan fingerprint density at radius 3 is 2.61 bits per heavy atom. The Balaban J connectivity index is 1.10. The Kier molecular flexibility index (Phi) is 6.98. The molecular formula is C28H37N3OS. The first-order valence-corrected chi connectivity index (χ1v) is 13.7. The normalized spacial score (nSPS) is 24.6. The summed E-state index contributed by atoms with van der Waals surface area (Å²) in [6.45, 7) is 8.80. The van der Waals surface area contributed by atoms with Gasteiger partial charge in [-0.1, -0.05) is 31.2 Å². The highest BCUT2D eigenvalue weighted by Gasteiger charge is 2.31. The lowest BCUT2D eigenvalue weighted by Crippen LogP contribution is -2.47. The summed E-state index contributed by atoms with van der Waals surface area (Å²) in [6, 6.07) is 9.28. The smallest absolute Gasteiger partial charge is 0.246 e. The molecule has 1 aromatic carbocycles. The van der Waals surface area contributed by atoms with Crippen LogP contribution in [0.5, 0.6) is 0 Å². The molecule has 5 heteroatoms. The number of fused-ring (bicyclic) bond motifs is 1. The molecule has 3 aliphatic rings. The van der Waals surface area contributed by atoms with Gasteiger partial charge in [0.1, 0.15) is 0 Å². The highest BCUT2D eigenvalue weighted by Crippen LogP contribution is 2.35. The molecule has 2 saturated heterocycles. The summed E-state index contributed by atoms with van der Waals surface area (Å²) in [4.78, 5) is 20.9. The third-order valence-electron chi connectivity index (χ3n) is 8.25. The van der Waals surface area contributed by atoms with Crippen molar-refractivity contribution in [2.45, 2.75) is 51.5 Å². The number of carbonyl (C=O) groups is 1.